The molecule has 0 saturated heterocycles. The van der Waals surface area contributed by atoms with Crippen LogP contribution in [0.2, 0.25) is 0 Å². The van der Waals surface area contributed by atoms with Gasteiger partial charge in [0, 0.05) is 6.20 Å². The van der Waals surface area contributed by atoms with E-state index in [0.29, 0.717) is 15.7 Å². The lowest BCUT2D eigenvalue weighted by molar-refractivity contribution is -0.136. The van der Waals surface area contributed by atoms with Crippen molar-refractivity contribution >= 4 is 34.5 Å². The highest BCUT2D eigenvalue weighted by atomic mass is 32.1. The van der Waals surface area contributed by atoms with E-state index < -0.39 is 18.0 Å². The summed E-state index contributed by atoms with van der Waals surface area (Å²) in [6.45, 7) is 3.67. The molecule has 0 saturated carbocycles. The summed E-state index contributed by atoms with van der Waals surface area (Å²) in [7, 11) is 1.18. The number of anilines is 1. The van der Waals surface area contributed by atoms with Crippen molar-refractivity contribution in [1.29, 1.82) is 0 Å². The number of esters is 2. The largest absolute Gasteiger partial charge is 0.464 e. The molecule has 0 aliphatic rings. The molecule has 0 aliphatic heterocycles. The number of nitrogens with one attached hydrogen (secondary N) is 2. The van der Waals surface area contributed by atoms with Gasteiger partial charge >= 0.3 is 18.0 Å². The van der Waals surface area contributed by atoms with Crippen LogP contribution in [0.15, 0.2) is 42.2 Å². The van der Waals surface area contributed by atoms with Crippen molar-refractivity contribution < 1.29 is 28.6 Å². The first-order valence-corrected chi connectivity index (χ1v) is 9.43. The third-order valence-corrected chi connectivity index (χ3v) is 4.52. The normalized spacial score (nSPS) is 10.8. The van der Waals surface area contributed by atoms with Gasteiger partial charge in [-0.2, -0.15) is 0 Å². The number of ether oxygens (including phenoxy) is 3. The SMILES string of the molecule is CCOC(=O)c1sc(N/C=C(\NC(=O)OCc2ccccc2)C(=O)OC)nc1C. The van der Waals surface area contributed by atoms with Gasteiger partial charge in [-0.1, -0.05) is 41.7 Å². The minimum atomic E-state index is -0.824. The number of nitrogens with zero attached hydrogens (tertiary/aromatic N) is 1. The van der Waals surface area contributed by atoms with Crippen LogP contribution in [0, 0.1) is 6.92 Å². The molecule has 0 spiro atoms. The first-order chi connectivity index (χ1) is 13.9. The number of hydrogen-bond acceptors (Lipinski definition) is 9. The van der Waals surface area contributed by atoms with Crippen LogP contribution in [0.25, 0.3) is 0 Å². The number of hydrogen-bond donors (Lipinski definition) is 2. The summed E-state index contributed by atoms with van der Waals surface area (Å²) in [6, 6.07) is 9.10. The molecule has 1 amide bonds. The number of rotatable bonds is 8. The van der Waals surface area contributed by atoms with Crippen molar-refractivity contribution in [2.75, 3.05) is 19.0 Å². The first kappa shape index (κ1) is 21.9. The number of thiazole rings is 1. The Kier molecular flexibility index (Phi) is 8.16. The Morgan fingerprint density at radius 1 is 1.17 bits per heavy atom. The van der Waals surface area contributed by atoms with Crippen LogP contribution in [0.5, 0.6) is 0 Å². The summed E-state index contributed by atoms with van der Waals surface area (Å²) in [5.41, 5.74) is 1.10. The maximum absolute atomic E-state index is 12.0. The van der Waals surface area contributed by atoms with Gasteiger partial charge < -0.3 is 19.5 Å². The first-order valence-electron chi connectivity index (χ1n) is 8.61. The minimum absolute atomic E-state index is 0.0448. The van der Waals surface area contributed by atoms with Gasteiger partial charge in [0.05, 0.1) is 19.4 Å². The number of amides is 1. The summed E-state index contributed by atoms with van der Waals surface area (Å²) in [5, 5.41) is 5.42. The van der Waals surface area contributed by atoms with Gasteiger partial charge in [-0.05, 0) is 19.4 Å². The minimum Gasteiger partial charge on any atom is -0.464 e. The summed E-state index contributed by atoms with van der Waals surface area (Å²) in [4.78, 5) is 40.3. The molecule has 2 N–H and O–H groups in total. The smallest absolute Gasteiger partial charge is 0.412 e. The molecule has 0 atom stereocenters. The van der Waals surface area contributed by atoms with E-state index in [2.05, 4.69) is 20.4 Å². The number of benzene rings is 1. The maximum atomic E-state index is 12.0. The zero-order valence-corrected chi connectivity index (χ0v) is 17.0. The van der Waals surface area contributed by atoms with Crippen molar-refractivity contribution in [2.24, 2.45) is 0 Å². The number of carbonyl (C=O) groups excluding carboxylic acids is 3. The van der Waals surface area contributed by atoms with Crippen molar-refractivity contribution in [3.63, 3.8) is 0 Å². The molecular weight excluding hydrogens is 398 g/mol. The lowest BCUT2D eigenvalue weighted by Crippen LogP contribution is -2.29. The summed E-state index contributed by atoms with van der Waals surface area (Å²) < 4.78 is 14.7. The number of aromatic nitrogens is 1. The summed E-state index contributed by atoms with van der Waals surface area (Å²) in [6.07, 6.45) is 0.387. The van der Waals surface area contributed by atoms with E-state index >= 15 is 0 Å². The molecule has 0 radical (unpaired) electrons. The predicted octanol–water partition coefficient (Wildman–Crippen LogP) is 2.98. The van der Waals surface area contributed by atoms with Crippen LogP contribution in [-0.4, -0.2) is 36.7 Å². The number of aryl methyl sites for hydroxylation is 1. The monoisotopic (exact) mass is 419 g/mol. The van der Waals surface area contributed by atoms with E-state index in [1.54, 1.807) is 26.0 Å². The Hall–Kier alpha value is -3.40. The predicted molar refractivity (Wildman–Crippen MR) is 106 cm³/mol. The second kappa shape index (κ2) is 10.8. The number of carbonyl (C=O) groups is 3. The molecule has 0 unspecified atom stereocenters. The third kappa shape index (κ3) is 6.61. The van der Waals surface area contributed by atoms with Crippen molar-refractivity contribution in [3.05, 3.63) is 58.4 Å². The topological polar surface area (TPSA) is 116 Å². The highest BCUT2D eigenvalue weighted by molar-refractivity contribution is 7.17. The molecule has 1 aromatic carbocycles. The number of alkyl carbamates (subject to hydrolysis) is 1. The van der Waals surface area contributed by atoms with Crippen molar-refractivity contribution in [3.8, 4) is 0 Å². The van der Waals surface area contributed by atoms with E-state index in [4.69, 9.17) is 9.47 Å². The molecule has 2 rings (SSSR count). The number of methoxy groups -OCH3 is 1. The van der Waals surface area contributed by atoms with E-state index in [1.165, 1.54) is 13.3 Å². The Morgan fingerprint density at radius 2 is 1.90 bits per heavy atom. The van der Waals surface area contributed by atoms with E-state index in [0.717, 1.165) is 16.9 Å². The molecule has 9 nitrogen and oxygen atoms in total. The molecule has 0 fully saturated rings. The van der Waals surface area contributed by atoms with Crippen molar-refractivity contribution in [2.45, 2.75) is 20.5 Å². The van der Waals surface area contributed by atoms with Gasteiger partial charge in [0.1, 0.15) is 17.2 Å². The molecule has 0 bridgehead atoms. The van der Waals surface area contributed by atoms with Crippen LogP contribution < -0.4 is 10.6 Å². The molecule has 29 heavy (non-hydrogen) atoms. The standard InChI is InChI=1S/C19H21N3O6S/c1-4-27-17(24)15-12(2)21-18(29-15)20-10-14(16(23)26-3)22-19(25)28-11-13-8-6-5-7-9-13/h5-10H,4,11H2,1-3H3,(H,20,21)(H,22,25)/b14-10-. The molecule has 1 aromatic heterocycles. The fourth-order valence-electron chi connectivity index (χ4n) is 2.10. The summed E-state index contributed by atoms with van der Waals surface area (Å²) in [5.74, 6) is -1.26. The second-order valence-corrected chi connectivity index (χ2v) is 6.53. The second-order valence-electron chi connectivity index (χ2n) is 5.53. The van der Waals surface area contributed by atoms with E-state index in [-0.39, 0.29) is 18.9 Å². The average molecular weight is 419 g/mol. The zero-order chi connectivity index (χ0) is 21.2. The fourth-order valence-corrected chi connectivity index (χ4v) is 2.93. The molecule has 10 heteroatoms. The highest BCUT2D eigenvalue weighted by Crippen LogP contribution is 2.23. The summed E-state index contributed by atoms with van der Waals surface area (Å²) >= 11 is 1.06. The van der Waals surface area contributed by atoms with Crippen LogP contribution in [0.1, 0.15) is 27.9 Å². The van der Waals surface area contributed by atoms with Crippen LogP contribution in [0.4, 0.5) is 9.93 Å². The van der Waals surface area contributed by atoms with Crippen LogP contribution >= 0.6 is 11.3 Å². The van der Waals surface area contributed by atoms with Crippen molar-refractivity contribution in [1.82, 2.24) is 10.3 Å². The van der Waals surface area contributed by atoms with Crippen LogP contribution in [-0.2, 0) is 25.6 Å². The molecule has 154 valence electrons. The van der Waals surface area contributed by atoms with Gasteiger partial charge in [-0.15, -0.1) is 0 Å². The van der Waals surface area contributed by atoms with Gasteiger partial charge in [-0.25, -0.2) is 19.4 Å². The van der Waals surface area contributed by atoms with Gasteiger partial charge in [0.25, 0.3) is 0 Å². The van der Waals surface area contributed by atoms with Crippen LogP contribution in [0.3, 0.4) is 0 Å². The lowest BCUT2D eigenvalue weighted by atomic mass is 10.2. The molecular formula is C19H21N3O6S. The van der Waals surface area contributed by atoms with E-state index in [1.807, 2.05) is 18.2 Å². The Morgan fingerprint density at radius 3 is 2.55 bits per heavy atom. The lowest BCUT2D eigenvalue weighted by Gasteiger charge is -2.09. The fraction of sp³-hybridized carbons (Fsp3) is 0.263. The third-order valence-electron chi connectivity index (χ3n) is 3.45. The Bertz CT molecular complexity index is 895. The average Bonchev–Trinajstić information content (AvgIpc) is 3.10. The molecule has 1 heterocycles. The maximum Gasteiger partial charge on any atom is 0.412 e. The highest BCUT2D eigenvalue weighted by Gasteiger charge is 2.18. The van der Waals surface area contributed by atoms with Gasteiger partial charge in [0.2, 0.25) is 0 Å². The molecule has 2 aromatic rings. The Labute approximate surface area is 171 Å². The quantitative estimate of drug-likeness (QED) is 0.381. The van der Waals surface area contributed by atoms with Gasteiger partial charge in [0.15, 0.2) is 5.13 Å². The molecule has 0 aliphatic carbocycles. The van der Waals surface area contributed by atoms with E-state index in [9.17, 15) is 14.4 Å². The Balaban J connectivity index is 2.03. The zero-order valence-electron chi connectivity index (χ0n) is 16.2. The van der Waals surface area contributed by atoms with Gasteiger partial charge in [-0.3, -0.25) is 5.32 Å².